The van der Waals surface area contributed by atoms with E-state index in [0.717, 1.165) is 53.4 Å². The van der Waals surface area contributed by atoms with Gasteiger partial charge in [-0.15, -0.1) is 0 Å². The van der Waals surface area contributed by atoms with Crippen molar-refractivity contribution in [1.29, 1.82) is 0 Å². The van der Waals surface area contributed by atoms with Crippen molar-refractivity contribution in [1.82, 2.24) is 0 Å². The topological polar surface area (TPSA) is 91.4 Å². The van der Waals surface area contributed by atoms with E-state index in [0.29, 0.717) is 43.4 Å². The summed E-state index contributed by atoms with van der Waals surface area (Å²) in [5.41, 5.74) is 2.12. The number of carbonyl (C=O) groups excluding carboxylic acids is 3. The summed E-state index contributed by atoms with van der Waals surface area (Å²) < 4.78 is 23.2. The van der Waals surface area contributed by atoms with E-state index in [1.54, 1.807) is 48.6 Å². The third kappa shape index (κ3) is 10.2. The Balaban J connectivity index is 0.888. The first kappa shape index (κ1) is 32.8. The van der Waals surface area contributed by atoms with Crippen molar-refractivity contribution >= 4 is 29.4 Å². The summed E-state index contributed by atoms with van der Waals surface area (Å²) in [5.74, 6) is 2.29. The fourth-order valence-electron chi connectivity index (χ4n) is 4.78. The van der Waals surface area contributed by atoms with E-state index in [2.05, 4.69) is 0 Å². The van der Waals surface area contributed by atoms with Crippen LogP contribution in [0, 0.1) is 0 Å². The molecule has 5 rings (SSSR count). The lowest BCUT2D eigenvalue weighted by Crippen LogP contribution is -2.29. The predicted octanol–water partition coefficient (Wildman–Crippen LogP) is 7.49. The van der Waals surface area contributed by atoms with E-state index in [-0.39, 0.29) is 17.6 Å². The first-order chi connectivity index (χ1) is 23.0. The minimum atomic E-state index is -0.333. The number of amides is 2. The Morgan fingerprint density at radius 2 is 0.979 bits per heavy atom. The van der Waals surface area contributed by atoms with Gasteiger partial charge in [-0.2, -0.15) is 0 Å². The molecule has 2 amide bonds. The molecule has 0 saturated carbocycles. The zero-order valence-electron chi connectivity index (χ0n) is 26.1. The number of unbranched alkanes of at least 4 members (excludes halogenated alkanes) is 3. The molecule has 0 atom stereocenters. The molecule has 0 radical (unpaired) electrons. The number of hydrogen-bond donors (Lipinski definition) is 0. The minimum Gasteiger partial charge on any atom is -0.494 e. The van der Waals surface area contributed by atoms with Gasteiger partial charge in [0.2, 0.25) is 0 Å². The lowest BCUT2D eigenvalue weighted by Gasteiger charge is -2.14. The van der Waals surface area contributed by atoms with Gasteiger partial charge in [0.1, 0.15) is 36.2 Å². The highest BCUT2D eigenvalue weighted by atomic mass is 16.5. The van der Waals surface area contributed by atoms with Gasteiger partial charge in [-0.3, -0.25) is 14.4 Å². The first-order valence-corrected chi connectivity index (χ1v) is 15.7. The third-order valence-corrected chi connectivity index (χ3v) is 7.29. The van der Waals surface area contributed by atoms with Crippen LogP contribution >= 0.6 is 0 Å². The number of imide groups is 1. The molecule has 0 N–H and O–H groups in total. The van der Waals surface area contributed by atoms with Crippen molar-refractivity contribution in [3.63, 3.8) is 0 Å². The highest BCUT2D eigenvalue weighted by Gasteiger charge is 2.24. The van der Waals surface area contributed by atoms with E-state index >= 15 is 0 Å². The highest BCUT2D eigenvalue weighted by Crippen LogP contribution is 2.23. The molecule has 240 valence electrons. The molecule has 0 unspecified atom stereocenters. The van der Waals surface area contributed by atoms with Gasteiger partial charge in [0.25, 0.3) is 11.8 Å². The van der Waals surface area contributed by atoms with Crippen molar-refractivity contribution in [3.05, 3.63) is 132 Å². The van der Waals surface area contributed by atoms with Crippen LogP contribution in [0.5, 0.6) is 23.0 Å². The molecule has 1 aliphatic heterocycles. The van der Waals surface area contributed by atoms with Gasteiger partial charge in [0.15, 0.2) is 5.78 Å². The molecule has 4 aromatic rings. The average molecular weight is 632 g/mol. The van der Waals surface area contributed by atoms with Crippen LogP contribution in [-0.4, -0.2) is 44.0 Å². The molecule has 47 heavy (non-hydrogen) atoms. The summed E-state index contributed by atoms with van der Waals surface area (Å²) in [6.07, 6.45) is 9.82. The van der Waals surface area contributed by atoms with E-state index in [9.17, 15) is 14.4 Å². The van der Waals surface area contributed by atoms with Crippen LogP contribution in [-0.2, 0) is 9.59 Å². The fraction of sp³-hybridized carbons (Fsp3) is 0.205. The molecule has 0 saturated heterocycles. The molecule has 0 fully saturated rings. The highest BCUT2D eigenvalue weighted by molar-refractivity contribution is 6.28. The predicted molar refractivity (Wildman–Crippen MR) is 181 cm³/mol. The summed E-state index contributed by atoms with van der Waals surface area (Å²) in [4.78, 5) is 36.9. The largest absolute Gasteiger partial charge is 0.494 e. The average Bonchev–Trinajstić information content (AvgIpc) is 3.45. The van der Waals surface area contributed by atoms with Gasteiger partial charge < -0.3 is 18.9 Å². The molecule has 0 bridgehead atoms. The SMILES string of the molecule is O=C(C=Cc1ccc(OCCOc2ccc(OCCCCCCOc3ccc(N4C(=O)C=CC4=O)cc3)cc2)cc1)c1ccccc1. The second-order valence-electron chi connectivity index (χ2n) is 10.8. The number of nitrogens with zero attached hydrogens (tertiary/aromatic N) is 1. The summed E-state index contributed by atoms with van der Waals surface area (Å²) >= 11 is 0. The summed E-state index contributed by atoms with van der Waals surface area (Å²) in [6.45, 7) is 2.04. The van der Waals surface area contributed by atoms with Gasteiger partial charge in [-0.1, -0.05) is 48.5 Å². The Morgan fingerprint density at radius 3 is 1.49 bits per heavy atom. The molecule has 8 nitrogen and oxygen atoms in total. The van der Waals surface area contributed by atoms with Crippen molar-refractivity contribution in [2.24, 2.45) is 0 Å². The van der Waals surface area contributed by atoms with E-state index < -0.39 is 0 Å². The minimum absolute atomic E-state index is 0.0317. The quantitative estimate of drug-likeness (QED) is 0.0486. The van der Waals surface area contributed by atoms with Crippen LogP contribution in [0.15, 0.2) is 121 Å². The van der Waals surface area contributed by atoms with Crippen molar-refractivity contribution in [3.8, 4) is 23.0 Å². The third-order valence-electron chi connectivity index (χ3n) is 7.29. The molecule has 0 spiro atoms. The van der Waals surface area contributed by atoms with Crippen LogP contribution in [0.1, 0.15) is 41.6 Å². The number of ketones is 1. The lowest BCUT2D eigenvalue weighted by atomic mass is 10.1. The zero-order valence-corrected chi connectivity index (χ0v) is 26.1. The Morgan fingerprint density at radius 1 is 0.532 bits per heavy atom. The summed E-state index contributed by atoms with van der Waals surface area (Å²) in [6, 6.07) is 31.3. The standard InChI is InChI=1S/C39H37NO7/c41-37(31-8-4-3-5-9-31)23-12-30-10-15-33(16-11-30)46-28-29-47-36-21-19-35(20-22-36)45-27-7-2-1-6-26-44-34-17-13-32(14-18-34)40-38(42)24-25-39(40)43/h3-5,8-25H,1-2,6-7,26-29H2. The number of rotatable bonds is 18. The molecule has 1 heterocycles. The van der Waals surface area contributed by atoms with Crippen LogP contribution in [0.25, 0.3) is 6.08 Å². The maximum absolute atomic E-state index is 12.2. The summed E-state index contributed by atoms with van der Waals surface area (Å²) in [5, 5.41) is 0. The van der Waals surface area contributed by atoms with E-state index in [4.69, 9.17) is 18.9 Å². The maximum Gasteiger partial charge on any atom is 0.258 e. The van der Waals surface area contributed by atoms with Gasteiger partial charge >= 0.3 is 0 Å². The summed E-state index contributed by atoms with van der Waals surface area (Å²) in [7, 11) is 0. The molecule has 1 aliphatic rings. The number of anilines is 1. The van der Waals surface area contributed by atoms with Crippen LogP contribution in [0.4, 0.5) is 5.69 Å². The van der Waals surface area contributed by atoms with Crippen LogP contribution in [0.2, 0.25) is 0 Å². The smallest absolute Gasteiger partial charge is 0.258 e. The van der Waals surface area contributed by atoms with Gasteiger partial charge in [0.05, 0.1) is 18.9 Å². The van der Waals surface area contributed by atoms with E-state index in [1.807, 2.05) is 66.7 Å². The molecule has 8 heteroatoms. The van der Waals surface area contributed by atoms with Gasteiger partial charge in [0, 0.05) is 17.7 Å². The second-order valence-corrected chi connectivity index (χ2v) is 10.8. The van der Waals surface area contributed by atoms with E-state index in [1.165, 1.54) is 12.2 Å². The van der Waals surface area contributed by atoms with Gasteiger partial charge in [-0.05, 0) is 98.0 Å². The second kappa shape index (κ2) is 17.2. The number of allylic oxidation sites excluding steroid dienone is 1. The molecule has 0 aromatic heterocycles. The number of hydrogen-bond acceptors (Lipinski definition) is 7. The Labute approximate surface area is 274 Å². The number of ether oxygens (including phenoxy) is 4. The lowest BCUT2D eigenvalue weighted by molar-refractivity contribution is -0.119. The van der Waals surface area contributed by atoms with Gasteiger partial charge in [-0.25, -0.2) is 4.90 Å². The number of carbonyl (C=O) groups is 3. The number of benzene rings is 4. The molecule has 4 aromatic carbocycles. The molecular weight excluding hydrogens is 594 g/mol. The maximum atomic E-state index is 12.2. The monoisotopic (exact) mass is 631 g/mol. The molecular formula is C39H37NO7. The Bertz CT molecular complexity index is 1640. The first-order valence-electron chi connectivity index (χ1n) is 15.7. The van der Waals surface area contributed by atoms with Crippen molar-refractivity contribution in [2.75, 3.05) is 31.3 Å². The Kier molecular flexibility index (Phi) is 12.0. The molecule has 0 aliphatic carbocycles. The Hall–Kier alpha value is -5.63. The van der Waals surface area contributed by atoms with Crippen LogP contribution in [0.3, 0.4) is 0 Å². The van der Waals surface area contributed by atoms with Crippen molar-refractivity contribution < 1.29 is 33.3 Å². The zero-order chi connectivity index (χ0) is 32.7. The van der Waals surface area contributed by atoms with Crippen LogP contribution < -0.4 is 23.8 Å². The fourth-order valence-corrected chi connectivity index (χ4v) is 4.78. The normalized spacial score (nSPS) is 12.5. The van der Waals surface area contributed by atoms with Crippen molar-refractivity contribution in [2.45, 2.75) is 25.7 Å².